The number of rotatable bonds is 3. The van der Waals surface area contributed by atoms with E-state index in [0.717, 1.165) is 12.0 Å². The zero-order chi connectivity index (χ0) is 11.3. The highest BCUT2D eigenvalue weighted by Gasteiger charge is 1.98. The molecule has 0 aliphatic heterocycles. The molecule has 78 valence electrons. The number of hydrogen-bond acceptors (Lipinski definition) is 1. The summed E-state index contributed by atoms with van der Waals surface area (Å²) in [5, 5.41) is 8.68. The zero-order valence-corrected chi connectivity index (χ0v) is 8.95. The van der Waals surface area contributed by atoms with Crippen LogP contribution in [0, 0.1) is 0 Å². The Labute approximate surface area is 89.6 Å². The van der Waals surface area contributed by atoms with Crippen molar-refractivity contribution in [1.29, 1.82) is 0 Å². The standard InChI is InChI=1S/C13H14O2/c1-10(8-11(2)13(14)15)9-12-6-4-3-5-7-12/h3-7H,9H2,1-2H3,(H,14,15). The molecule has 0 radical (unpaired) electrons. The summed E-state index contributed by atoms with van der Waals surface area (Å²) in [6.07, 6.45) is 0.742. The van der Waals surface area contributed by atoms with Gasteiger partial charge in [-0.25, -0.2) is 4.79 Å². The van der Waals surface area contributed by atoms with Gasteiger partial charge in [0.05, 0.1) is 5.57 Å². The van der Waals surface area contributed by atoms with Crippen molar-refractivity contribution < 1.29 is 9.90 Å². The van der Waals surface area contributed by atoms with Crippen molar-refractivity contribution in [2.75, 3.05) is 0 Å². The lowest BCUT2D eigenvalue weighted by Crippen LogP contribution is -1.95. The summed E-state index contributed by atoms with van der Waals surface area (Å²) in [5.74, 6) is -0.914. The second kappa shape index (κ2) is 5.18. The normalized spacial score (nSPS) is 9.20. The maximum atomic E-state index is 10.6. The molecule has 0 fully saturated rings. The van der Waals surface area contributed by atoms with E-state index in [2.05, 4.69) is 5.73 Å². The highest BCUT2D eigenvalue weighted by molar-refractivity contribution is 5.85. The predicted molar refractivity (Wildman–Crippen MR) is 59.7 cm³/mol. The third-order valence-corrected chi connectivity index (χ3v) is 2.03. The fraction of sp³-hybridized carbons (Fsp3) is 0.231. The van der Waals surface area contributed by atoms with Crippen LogP contribution in [0.5, 0.6) is 0 Å². The molecule has 0 saturated heterocycles. The van der Waals surface area contributed by atoms with Crippen molar-refractivity contribution in [1.82, 2.24) is 0 Å². The van der Waals surface area contributed by atoms with E-state index in [4.69, 9.17) is 5.11 Å². The summed E-state index contributed by atoms with van der Waals surface area (Å²) in [5.41, 5.74) is 5.21. The molecule has 0 unspecified atom stereocenters. The molecule has 0 aromatic heterocycles. The van der Waals surface area contributed by atoms with E-state index in [1.54, 1.807) is 6.92 Å². The quantitative estimate of drug-likeness (QED) is 0.604. The van der Waals surface area contributed by atoms with E-state index in [1.165, 1.54) is 5.56 Å². The Morgan fingerprint density at radius 3 is 2.40 bits per heavy atom. The van der Waals surface area contributed by atoms with Crippen LogP contribution < -0.4 is 0 Å². The molecule has 15 heavy (non-hydrogen) atoms. The van der Waals surface area contributed by atoms with E-state index in [9.17, 15) is 4.79 Å². The summed E-state index contributed by atoms with van der Waals surface area (Å²) in [4.78, 5) is 10.6. The highest BCUT2D eigenvalue weighted by atomic mass is 16.4. The van der Waals surface area contributed by atoms with E-state index < -0.39 is 5.97 Å². The van der Waals surface area contributed by atoms with E-state index >= 15 is 0 Å². The highest BCUT2D eigenvalue weighted by Crippen LogP contribution is 2.06. The molecular weight excluding hydrogens is 188 g/mol. The van der Waals surface area contributed by atoms with Gasteiger partial charge in [0.1, 0.15) is 0 Å². The van der Waals surface area contributed by atoms with Gasteiger partial charge in [0.25, 0.3) is 0 Å². The molecule has 2 nitrogen and oxygen atoms in total. The molecule has 0 heterocycles. The number of aliphatic carboxylic acids is 1. The molecule has 1 rings (SSSR count). The Morgan fingerprint density at radius 2 is 1.87 bits per heavy atom. The first-order valence-electron chi connectivity index (χ1n) is 4.80. The minimum absolute atomic E-state index is 0.253. The average molecular weight is 202 g/mol. The van der Waals surface area contributed by atoms with Crippen LogP contribution in [0.25, 0.3) is 0 Å². The topological polar surface area (TPSA) is 37.3 Å². The van der Waals surface area contributed by atoms with E-state index in [1.807, 2.05) is 37.3 Å². The second-order valence-electron chi connectivity index (χ2n) is 3.50. The van der Waals surface area contributed by atoms with E-state index in [0.29, 0.717) is 0 Å². The number of hydrogen-bond donors (Lipinski definition) is 1. The molecule has 0 saturated carbocycles. The molecule has 1 N–H and O–H groups in total. The first kappa shape index (κ1) is 11.3. The van der Waals surface area contributed by atoms with Gasteiger partial charge >= 0.3 is 5.97 Å². The molecule has 0 bridgehead atoms. The smallest absolute Gasteiger partial charge is 0.339 e. The van der Waals surface area contributed by atoms with Gasteiger partial charge in [-0.3, -0.25) is 0 Å². The lowest BCUT2D eigenvalue weighted by atomic mass is 10.1. The summed E-state index contributed by atoms with van der Waals surface area (Å²) in [7, 11) is 0. The predicted octanol–water partition coefficient (Wildman–Crippen LogP) is 2.81. The molecular formula is C13H14O2. The van der Waals surface area contributed by atoms with Crippen LogP contribution in [0.15, 0.2) is 47.2 Å². The van der Waals surface area contributed by atoms with Gasteiger partial charge in [-0.05, 0) is 25.0 Å². The third kappa shape index (κ3) is 3.84. The number of carboxylic acids is 1. The van der Waals surface area contributed by atoms with Gasteiger partial charge in [0, 0.05) is 6.42 Å². The van der Waals surface area contributed by atoms with Gasteiger partial charge in [-0.2, -0.15) is 0 Å². The second-order valence-corrected chi connectivity index (χ2v) is 3.50. The fourth-order valence-electron chi connectivity index (χ4n) is 1.32. The van der Waals surface area contributed by atoms with Crippen molar-refractivity contribution in [3.05, 3.63) is 52.8 Å². The maximum absolute atomic E-state index is 10.6. The summed E-state index contributed by atoms with van der Waals surface area (Å²) in [6.45, 7) is 3.44. The minimum atomic E-state index is -0.914. The van der Waals surface area contributed by atoms with Crippen molar-refractivity contribution in [3.8, 4) is 0 Å². The first-order chi connectivity index (χ1) is 7.09. The monoisotopic (exact) mass is 202 g/mol. The molecule has 0 amide bonds. The first-order valence-corrected chi connectivity index (χ1v) is 4.80. The lowest BCUT2D eigenvalue weighted by molar-refractivity contribution is -0.132. The van der Waals surface area contributed by atoms with Crippen LogP contribution in [0.2, 0.25) is 0 Å². The minimum Gasteiger partial charge on any atom is -0.477 e. The van der Waals surface area contributed by atoms with Crippen LogP contribution in [0.4, 0.5) is 0 Å². The van der Waals surface area contributed by atoms with Crippen molar-refractivity contribution in [2.24, 2.45) is 0 Å². The maximum Gasteiger partial charge on any atom is 0.339 e. The fourth-order valence-corrected chi connectivity index (χ4v) is 1.32. The molecule has 2 heteroatoms. The Kier molecular flexibility index (Phi) is 3.90. The summed E-state index contributed by atoms with van der Waals surface area (Å²) >= 11 is 0. The SMILES string of the molecule is CC(=C=C(C)C(=O)O)Cc1ccccc1. The molecule has 0 aliphatic rings. The van der Waals surface area contributed by atoms with E-state index in [-0.39, 0.29) is 5.57 Å². The molecule has 0 aliphatic carbocycles. The molecule has 0 atom stereocenters. The average Bonchev–Trinajstić information content (AvgIpc) is 2.18. The zero-order valence-electron chi connectivity index (χ0n) is 8.95. The Bertz CT molecular complexity index is 409. The summed E-state index contributed by atoms with van der Waals surface area (Å²) in [6, 6.07) is 9.93. The molecule has 1 aromatic rings. The van der Waals surface area contributed by atoms with Crippen molar-refractivity contribution in [2.45, 2.75) is 20.3 Å². The van der Waals surface area contributed by atoms with Gasteiger partial charge in [-0.15, -0.1) is 5.73 Å². The van der Waals surface area contributed by atoms with Gasteiger partial charge < -0.3 is 5.11 Å². The van der Waals surface area contributed by atoms with Crippen molar-refractivity contribution >= 4 is 5.97 Å². The number of benzene rings is 1. The third-order valence-electron chi connectivity index (χ3n) is 2.03. The van der Waals surface area contributed by atoms with Crippen LogP contribution in [-0.2, 0) is 11.2 Å². The van der Waals surface area contributed by atoms with Crippen LogP contribution in [0.1, 0.15) is 19.4 Å². The van der Waals surface area contributed by atoms with Crippen LogP contribution in [-0.4, -0.2) is 11.1 Å². The van der Waals surface area contributed by atoms with Gasteiger partial charge in [0.15, 0.2) is 0 Å². The molecule has 0 spiro atoms. The van der Waals surface area contributed by atoms with Crippen molar-refractivity contribution in [3.63, 3.8) is 0 Å². The van der Waals surface area contributed by atoms with Crippen LogP contribution in [0.3, 0.4) is 0 Å². The Hall–Kier alpha value is -1.79. The number of carbonyl (C=O) groups is 1. The largest absolute Gasteiger partial charge is 0.477 e. The molecule has 1 aromatic carbocycles. The lowest BCUT2D eigenvalue weighted by Gasteiger charge is -1.98. The summed E-state index contributed by atoms with van der Waals surface area (Å²) < 4.78 is 0. The Morgan fingerprint density at radius 1 is 1.27 bits per heavy atom. The van der Waals surface area contributed by atoms with Gasteiger partial charge in [-0.1, -0.05) is 30.3 Å². The number of carboxylic acid groups (broad SMARTS) is 1. The van der Waals surface area contributed by atoms with Gasteiger partial charge in [0.2, 0.25) is 0 Å². The Balaban J connectivity index is 2.85. The van der Waals surface area contributed by atoms with Crippen LogP contribution >= 0.6 is 0 Å².